The van der Waals surface area contributed by atoms with Crippen molar-refractivity contribution in [1.29, 1.82) is 0 Å². The third kappa shape index (κ3) is 4.78. The summed E-state index contributed by atoms with van der Waals surface area (Å²) in [6.45, 7) is 3.26. The second kappa shape index (κ2) is 9.90. The molecule has 2 fully saturated rings. The molecule has 4 rings (SSSR count). The van der Waals surface area contributed by atoms with E-state index in [1.54, 1.807) is 37.4 Å². The number of carbonyl (C=O) groups excluding carboxylic acids is 4. The van der Waals surface area contributed by atoms with Crippen LogP contribution in [0.3, 0.4) is 0 Å². The van der Waals surface area contributed by atoms with Crippen LogP contribution in [0.25, 0.3) is 0 Å². The minimum Gasteiger partial charge on any atom is -0.446 e. The number of urea groups is 1. The fourth-order valence-electron chi connectivity index (χ4n) is 4.94. The van der Waals surface area contributed by atoms with Crippen LogP contribution in [0, 0.1) is 13.8 Å². The molecule has 1 saturated heterocycles. The highest BCUT2D eigenvalue weighted by Gasteiger charge is 2.56. The van der Waals surface area contributed by atoms with Crippen molar-refractivity contribution < 1.29 is 23.9 Å². The number of nitrogens with zero attached hydrogens (tertiary/aromatic N) is 2. The van der Waals surface area contributed by atoms with E-state index in [4.69, 9.17) is 4.74 Å². The number of esters is 1. The second-order valence-corrected chi connectivity index (χ2v) is 9.41. The van der Waals surface area contributed by atoms with Crippen molar-refractivity contribution in [3.63, 3.8) is 0 Å². The van der Waals surface area contributed by atoms with Crippen LogP contribution in [0.4, 0.5) is 10.5 Å². The Morgan fingerprint density at radius 1 is 1.03 bits per heavy atom. The van der Waals surface area contributed by atoms with E-state index in [9.17, 15) is 19.2 Å². The molecule has 2 aromatic carbocycles. The van der Waals surface area contributed by atoms with Crippen molar-refractivity contribution in [1.82, 2.24) is 9.80 Å². The first-order chi connectivity index (χ1) is 16.7. The maximum Gasteiger partial charge on any atom is 0.327 e. The summed E-state index contributed by atoms with van der Waals surface area (Å²) in [5.74, 6) is -1.70. The summed E-state index contributed by atoms with van der Waals surface area (Å²) in [6, 6.07) is 13.9. The molecule has 1 spiro atoms. The van der Waals surface area contributed by atoms with E-state index >= 15 is 0 Å². The van der Waals surface area contributed by atoms with E-state index in [1.807, 2.05) is 32.0 Å². The quantitative estimate of drug-likeness (QED) is 0.499. The molecule has 1 aliphatic heterocycles. The number of likely N-dealkylation sites (N-methyl/N-ethyl adjacent to an activating group) is 1. The Kier molecular flexibility index (Phi) is 6.91. The predicted octanol–water partition coefficient (Wildman–Crippen LogP) is 4.12. The van der Waals surface area contributed by atoms with Crippen molar-refractivity contribution >= 4 is 29.5 Å². The highest BCUT2D eigenvalue weighted by atomic mass is 16.5. The van der Waals surface area contributed by atoms with Gasteiger partial charge in [-0.1, -0.05) is 61.7 Å². The molecule has 1 aliphatic carbocycles. The maximum atomic E-state index is 13.2. The van der Waals surface area contributed by atoms with Gasteiger partial charge in [0.25, 0.3) is 11.8 Å². The molecule has 0 radical (unpaired) electrons. The number of benzene rings is 2. The van der Waals surface area contributed by atoms with Gasteiger partial charge in [0, 0.05) is 18.3 Å². The number of carbonyl (C=O) groups is 4. The lowest BCUT2D eigenvalue weighted by Crippen LogP contribution is -2.49. The molecule has 2 aliphatic rings. The Bertz CT molecular complexity index is 1140. The molecule has 35 heavy (non-hydrogen) atoms. The number of amides is 4. The van der Waals surface area contributed by atoms with Gasteiger partial charge in [-0.15, -0.1) is 0 Å². The highest BCUT2D eigenvalue weighted by molar-refractivity contribution is 6.08. The van der Waals surface area contributed by atoms with E-state index in [-0.39, 0.29) is 5.91 Å². The molecule has 0 bridgehead atoms. The van der Waals surface area contributed by atoms with E-state index in [0.29, 0.717) is 24.1 Å². The Labute approximate surface area is 205 Å². The lowest BCUT2D eigenvalue weighted by molar-refractivity contribution is -0.156. The maximum absolute atomic E-state index is 13.2. The topological polar surface area (TPSA) is 96.0 Å². The lowest BCUT2D eigenvalue weighted by atomic mass is 9.81. The van der Waals surface area contributed by atoms with Crippen molar-refractivity contribution in [2.45, 2.75) is 57.6 Å². The number of anilines is 1. The summed E-state index contributed by atoms with van der Waals surface area (Å²) in [6.07, 6.45) is 2.67. The Morgan fingerprint density at radius 2 is 1.71 bits per heavy atom. The standard InChI is InChI=1S/C27H31N3O5/c1-18-12-13-19(2)21(16-18)28-24(32)23(20-10-6-4-7-11-20)35-22(31)17-30-25(33)27(29(3)26(30)34)14-8-5-9-15-27/h4,6-7,10-13,16,23H,5,8-9,14-15,17H2,1-3H3,(H,28,32). The van der Waals surface area contributed by atoms with Gasteiger partial charge < -0.3 is 15.0 Å². The van der Waals surface area contributed by atoms with E-state index < -0.39 is 36.1 Å². The molecule has 1 heterocycles. The second-order valence-electron chi connectivity index (χ2n) is 9.41. The van der Waals surface area contributed by atoms with E-state index in [0.717, 1.165) is 35.3 Å². The van der Waals surface area contributed by atoms with Crippen molar-refractivity contribution in [3.8, 4) is 0 Å². The van der Waals surface area contributed by atoms with Gasteiger partial charge in [0.2, 0.25) is 6.10 Å². The minimum absolute atomic E-state index is 0.363. The van der Waals surface area contributed by atoms with Gasteiger partial charge in [-0.25, -0.2) is 4.79 Å². The van der Waals surface area contributed by atoms with Gasteiger partial charge in [-0.05, 0) is 43.9 Å². The van der Waals surface area contributed by atoms with Crippen LogP contribution in [-0.2, 0) is 19.1 Å². The molecule has 184 valence electrons. The van der Waals surface area contributed by atoms with Gasteiger partial charge in [-0.2, -0.15) is 0 Å². The zero-order valence-electron chi connectivity index (χ0n) is 20.4. The summed E-state index contributed by atoms with van der Waals surface area (Å²) in [5, 5.41) is 2.85. The molecular weight excluding hydrogens is 446 g/mol. The molecule has 2 aromatic rings. The lowest BCUT2D eigenvalue weighted by Gasteiger charge is -2.35. The first kappa shape index (κ1) is 24.4. The van der Waals surface area contributed by atoms with Crippen LogP contribution >= 0.6 is 0 Å². The number of rotatable bonds is 6. The monoisotopic (exact) mass is 477 g/mol. The Hall–Kier alpha value is -3.68. The Balaban J connectivity index is 1.52. The number of aryl methyl sites for hydroxylation is 2. The Morgan fingerprint density at radius 3 is 2.40 bits per heavy atom. The number of hydrogen-bond acceptors (Lipinski definition) is 5. The van der Waals surface area contributed by atoms with Gasteiger partial charge in [0.1, 0.15) is 12.1 Å². The highest BCUT2D eigenvalue weighted by Crippen LogP contribution is 2.39. The molecule has 1 atom stereocenters. The largest absolute Gasteiger partial charge is 0.446 e. The van der Waals surface area contributed by atoms with Crippen molar-refractivity contribution in [3.05, 3.63) is 65.2 Å². The van der Waals surface area contributed by atoms with Gasteiger partial charge in [-0.3, -0.25) is 19.3 Å². The van der Waals surface area contributed by atoms with Crippen LogP contribution in [0.5, 0.6) is 0 Å². The van der Waals surface area contributed by atoms with Crippen LogP contribution in [-0.4, -0.2) is 52.7 Å². The molecule has 8 heteroatoms. The molecule has 0 aromatic heterocycles. The third-order valence-electron chi connectivity index (χ3n) is 7.01. The molecule has 1 N–H and O–H groups in total. The molecule has 1 saturated carbocycles. The van der Waals surface area contributed by atoms with E-state index in [1.165, 1.54) is 4.90 Å². The summed E-state index contributed by atoms with van der Waals surface area (Å²) >= 11 is 0. The van der Waals surface area contributed by atoms with Crippen LogP contribution in [0.15, 0.2) is 48.5 Å². The SMILES string of the molecule is Cc1ccc(C)c(NC(=O)C(OC(=O)CN2C(=O)N(C)C3(CCCCC3)C2=O)c2ccccc2)c1. The van der Waals surface area contributed by atoms with E-state index in [2.05, 4.69) is 5.32 Å². The zero-order valence-corrected chi connectivity index (χ0v) is 20.4. The van der Waals surface area contributed by atoms with Gasteiger partial charge in [0.05, 0.1) is 0 Å². The van der Waals surface area contributed by atoms with Crippen molar-refractivity contribution in [2.75, 3.05) is 18.9 Å². The van der Waals surface area contributed by atoms with Gasteiger partial charge >= 0.3 is 12.0 Å². The summed E-state index contributed by atoms with van der Waals surface area (Å²) < 4.78 is 5.59. The minimum atomic E-state index is -1.24. The smallest absolute Gasteiger partial charge is 0.327 e. The first-order valence-electron chi connectivity index (χ1n) is 12.0. The van der Waals surface area contributed by atoms with Crippen LogP contribution in [0.1, 0.15) is 54.9 Å². The van der Waals surface area contributed by atoms with Crippen molar-refractivity contribution in [2.24, 2.45) is 0 Å². The summed E-state index contributed by atoms with van der Waals surface area (Å²) in [7, 11) is 1.61. The first-order valence-corrected chi connectivity index (χ1v) is 12.0. The fraction of sp³-hybridized carbons (Fsp3) is 0.407. The summed E-state index contributed by atoms with van der Waals surface area (Å²) in [4.78, 5) is 54.7. The van der Waals surface area contributed by atoms with Crippen LogP contribution < -0.4 is 5.32 Å². The molecule has 8 nitrogen and oxygen atoms in total. The number of imide groups is 1. The third-order valence-corrected chi connectivity index (χ3v) is 7.01. The molecule has 1 unspecified atom stereocenters. The molecular formula is C27H31N3O5. The van der Waals surface area contributed by atoms with Crippen LogP contribution in [0.2, 0.25) is 0 Å². The average molecular weight is 478 g/mol. The zero-order chi connectivity index (χ0) is 25.2. The normalized spacial score (nSPS) is 18.0. The average Bonchev–Trinajstić information content (AvgIpc) is 3.02. The van der Waals surface area contributed by atoms with Gasteiger partial charge in [0.15, 0.2) is 0 Å². The fourth-order valence-corrected chi connectivity index (χ4v) is 4.94. The summed E-state index contributed by atoms with van der Waals surface area (Å²) in [5.41, 5.74) is 2.08. The number of nitrogens with one attached hydrogen (secondary N) is 1. The predicted molar refractivity (Wildman–Crippen MR) is 131 cm³/mol. The molecule has 4 amide bonds. The number of hydrogen-bond donors (Lipinski definition) is 1. The number of ether oxygens (including phenoxy) is 1.